The summed E-state index contributed by atoms with van der Waals surface area (Å²) in [6.07, 6.45) is 1.51. The number of thioether (sulfide) groups is 1. The predicted octanol–water partition coefficient (Wildman–Crippen LogP) is 2.73. The fraction of sp³-hybridized carbons (Fsp3) is 0.579. The van der Waals surface area contributed by atoms with Gasteiger partial charge in [-0.3, -0.25) is 4.79 Å². The number of amidine groups is 1. The molecule has 1 aromatic carbocycles. The third-order valence-electron chi connectivity index (χ3n) is 5.25. The van der Waals surface area contributed by atoms with E-state index >= 15 is 0 Å². The highest BCUT2D eigenvalue weighted by molar-refractivity contribution is 8.15. The van der Waals surface area contributed by atoms with Crippen molar-refractivity contribution >= 4 is 32.7 Å². The Morgan fingerprint density at radius 2 is 2.00 bits per heavy atom. The van der Waals surface area contributed by atoms with Crippen LogP contribution < -0.4 is 4.74 Å². The van der Waals surface area contributed by atoms with Gasteiger partial charge in [-0.25, -0.2) is 8.42 Å². The van der Waals surface area contributed by atoms with E-state index in [-0.39, 0.29) is 34.6 Å². The van der Waals surface area contributed by atoms with E-state index < -0.39 is 9.84 Å². The highest BCUT2D eigenvalue weighted by Gasteiger charge is 2.48. The van der Waals surface area contributed by atoms with Crippen LogP contribution in [0.1, 0.15) is 32.3 Å². The molecule has 0 radical (unpaired) electrons. The number of carbonyl (C=O) groups excluding carboxylic acids is 1. The minimum Gasteiger partial charge on any atom is -0.496 e. The summed E-state index contributed by atoms with van der Waals surface area (Å²) in [4.78, 5) is 19.0. The summed E-state index contributed by atoms with van der Waals surface area (Å²) in [7, 11) is -1.44. The molecule has 0 spiro atoms. The van der Waals surface area contributed by atoms with Crippen molar-refractivity contribution in [1.29, 1.82) is 0 Å². The maximum atomic E-state index is 12.6. The van der Waals surface area contributed by atoms with Gasteiger partial charge in [-0.05, 0) is 18.9 Å². The summed E-state index contributed by atoms with van der Waals surface area (Å²) in [6, 6.07) is 7.51. The van der Waals surface area contributed by atoms with E-state index in [1.165, 1.54) is 11.8 Å². The van der Waals surface area contributed by atoms with Gasteiger partial charge in [0.15, 0.2) is 15.0 Å². The summed E-state index contributed by atoms with van der Waals surface area (Å²) in [5, 5.41) is 0.570. The van der Waals surface area contributed by atoms with Gasteiger partial charge in [0.1, 0.15) is 5.75 Å². The molecule has 6 nitrogen and oxygen atoms in total. The van der Waals surface area contributed by atoms with Gasteiger partial charge in [0.2, 0.25) is 0 Å². The van der Waals surface area contributed by atoms with Gasteiger partial charge in [-0.1, -0.05) is 43.8 Å². The van der Waals surface area contributed by atoms with Crippen LogP contribution in [0.3, 0.4) is 0 Å². The first-order chi connectivity index (χ1) is 12.9. The molecule has 0 unspecified atom stereocenters. The van der Waals surface area contributed by atoms with Crippen molar-refractivity contribution in [1.82, 2.24) is 4.90 Å². The molecule has 2 heterocycles. The number of amides is 1. The number of para-hydroxylation sites is 1. The van der Waals surface area contributed by atoms with Gasteiger partial charge < -0.3 is 9.64 Å². The Balaban J connectivity index is 1.92. The highest BCUT2D eigenvalue weighted by Crippen LogP contribution is 2.40. The SMILES string of the molecule is CCC(CC)C(=O)N=C1S[C@@H]2CS(=O)(=O)C[C@H]2N1Cc1ccccc1OC. The van der Waals surface area contributed by atoms with E-state index in [1.807, 2.05) is 43.0 Å². The average molecular weight is 411 g/mol. The van der Waals surface area contributed by atoms with E-state index in [0.29, 0.717) is 11.7 Å². The molecule has 0 bridgehead atoms. The largest absolute Gasteiger partial charge is 0.496 e. The molecular formula is C19H26N2O4S2. The monoisotopic (exact) mass is 410 g/mol. The van der Waals surface area contributed by atoms with Crippen molar-refractivity contribution in [3.8, 4) is 5.75 Å². The molecule has 27 heavy (non-hydrogen) atoms. The molecule has 2 fully saturated rings. The lowest BCUT2D eigenvalue weighted by Gasteiger charge is -2.25. The van der Waals surface area contributed by atoms with E-state index in [2.05, 4.69) is 4.99 Å². The molecule has 8 heteroatoms. The third-order valence-corrected chi connectivity index (χ3v) is 8.50. The van der Waals surface area contributed by atoms with Crippen LogP contribution in [0.15, 0.2) is 29.3 Å². The second-order valence-corrected chi connectivity index (χ2v) is 10.3. The maximum absolute atomic E-state index is 12.6. The van der Waals surface area contributed by atoms with Crippen LogP contribution in [0, 0.1) is 5.92 Å². The zero-order valence-corrected chi connectivity index (χ0v) is 17.6. The van der Waals surface area contributed by atoms with Crippen molar-refractivity contribution in [3.05, 3.63) is 29.8 Å². The van der Waals surface area contributed by atoms with Gasteiger partial charge in [-0.15, -0.1) is 0 Å². The van der Waals surface area contributed by atoms with Gasteiger partial charge in [0, 0.05) is 23.3 Å². The van der Waals surface area contributed by atoms with Crippen molar-refractivity contribution in [2.75, 3.05) is 18.6 Å². The Labute approximate surface area is 165 Å². The van der Waals surface area contributed by atoms with Crippen LogP contribution in [0.4, 0.5) is 0 Å². The van der Waals surface area contributed by atoms with Crippen LogP contribution in [-0.4, -0.2) is 54.3 Å². The number of fused-ring (bicyclic) bond motifs is 1. The van der Waals surface area contributed by atoms with Crippen molar-refractivity contribution in [3.63, 3.8) is 0 Å². The molecule has 2 saturated heterocycles. The number of carbonyl (C=O) groups is 1. The van der Waals surface area contributed by atoms with Crippen LogP contribution in [-0.2, 0) is 21.2 Å². The first-order valence-corrected chi connectivity index (χ1v) is 12.0. The second kappa shape index (κ2) is 8.22. The molecule has 2 aliphatic rings. The number of nitrogens with zero attached hydrogens (tertiary/aromatic N) is 2. The number of benzene rings is 1. The van der Waals surface area contributed by atoms with Gasteiger partial charge in [-0.2, -0.15) is 4.99 Å². The van der Waals surface area contributed by atoms with Gasteiger partial charge in [0.25, 0.3) is 5.91 Å². The normalized spacial score (nSPS) is 25.2. The molecule has 1 aromatic rings. The number of rotatable bonds is 6. The smallest absolute Gasteiger partial charge is 0.251 e. The Morgan fingerprint density at radius 3 is 2.67 bits per heavy atom. The molecule has 2 atom stereocenters. The average Bonchev–Trinajstić information content (AvgIpc) is 3.09. The van der Waals surface area contributed by atoms with Crippen LogP contribution in [0.5, 0.6) is 5.75 Å². The number of ether oxygens (including phenoxy) is 1. The zero-order chi connectivity index (χ0) is 19.6. The van der Waals surface area contributed by atoms with Crippen LogP contribution >= 0.6 is 11.8 Å². The predicted molar refractivity (Wildman–Crippen MR) is 109 cm³/mol. The lowest BCUT2D eigenvalue weighted by Crippen LogP contribution is -2.37. The quantitative estimate of drug-likeness (QED) is 0.718. The number of hydrogen-bond donors (Lipinski definition) is 0. The lowest BCUT2D eigenvalue weighted by molar-refractivity contribution is -0.121. The zero-order valence-electron chi connectivity index (χ0n) is 15.9. The minimum absolute atomic E-state index is 0.0713. The maximum Gasteiger partial charge on any atom is 0.251 e. The molecule has 2 aliphatic heterocycles. The first-order valence-electron chi connectivity index (χ1n) is 9.26. The molecular weight excluding hydrogens is 384 g/mol. The minimum atomic E-state index is -3.06. The third kappa shape index (κ3) is 4.32. The lowest BCUT2D eigenvalue weighted by atomic mass is 10.0. The van der Waals surface area contributed by atoms with E-state index in [0.717, 1.165) is 24.2 Å². The number of aliphatic imine (C=N–C) groups is 1. The van der Waals surface area contributed by atoms with Gasteiger partial charge in [0.05, 0.1) is 24.7 Å². The van der Waals surface area contributed by atoms with Crippen LogP contribution in [0.2, 0.25) is 0 Å². The molecule has 3 rings (SSSR count). The van der Waals surface area contributed by atoms with E-state index in [4.69, 9.17) is 4.74 Å². The fourth-order valence-electron chi connectivity index (χ4n) is 3.66. The standard InChI is InChI=1S/C19H26N2O4S2/c1-4-13(5-2)18(22)20-19-21(10-14-8-6-7-9-16(14)25-3)15-11-27(23,24)12-17(15)26-19/h6-9,13,15,17H,4-5,10-12H2,1-3H3/t15-,17-/m1/s1. The molecule has 0 aromatic heterocycles. The summed E-state index contributed by atoms with van der Waals surface area (Å²) >= 11 is 1.43. The van der Waals surface area contributed by atoms with Gasteiger partial charge >= 0.3 is 0 Å². The highest BCUT2D eigenvalue weighted by atomic mass is 32.2. The Kier molecular flexibility index (Phi) is 6.15. The molecule has 1 amide bonds. The second-order valence-electron chi connectivity index (χ2n) is 6.99. The topological polar surface area (TPSA) is 76.0 Å². The summed E-state index contributed by atoms with van der Waals surface area (Å²) < 4.78 is 29.7. The fourth-order valence-corrected chi connectivity index (χ4v) is 7.62. The van der Waals surface area contributed by atoms with E-state index in [9.17, 15) is 13.2 Å². The number of methoxy groups -OCH3 is 1. The molecule has 0 N–H and O–H groups in total. The number of hydrogen-bond acceptors (Lipinski definition) is 5. The molecule has 0 saturated carbocycles. The molecule has 0 aliphatic carbocycles. The van der Waals surface area contributed by atoms with Crippen molar-refractivity contribution in [2.45, 2.75) is 44.5 Å². The Bertz CT molecular complexity index is 834. The Hall–Kier alpha value is -1.54. The van der Waals surface area contributed by atoms with Crippen LogP contribution in [0.25, 0.3) is 0 Å². The summed E-state index contributed by atoms with van der Waals surface area (Å²) in [5.41, 5.74) is 0.952. The first kappa shape index (κ1) is 20.2. The molecule has 148 valence electrons. The Morgan fingerprint density at radius 1 is 1.30 bits per heavy atom. The summed E-state index contributed by atoms with van der Waals surface area (Å²) in [5.74, 6) is 0.796. The van der Waals surface area contributed by atoms with E-state index in [1.54, 1.807) is 7.11 Å². The van der Waals surface area contributed by atoms with Crippen molar-refractivity contribution < 1.29 is 17.9 Å². The van der Waals surface area contributed by atoms with Crippen molar-refractivity contribution in [2.24, 2.45) is 10.9 Å². The number of sulfone groups is 1. The summed E-state index contributed by atoms with van der Waals surface area (Å²) in [6.45, 7) is 4.45.